The topological polar surface area (TPSA) is 96.4 Å². The Morgan fingerprint density at radius 3 is 2.80 bits per heavy atom. The molecule has 2 aliphatic heterocycles. The van der Waals surface area contributed by atoms with E-state index in [1.165, 1.54) is 4.31 Å². The van der Waals surface area contributed by atoms with Gasteiger partial charge in [-0.25, -0.2) is 8.42 Å². The van der Waals surface area contributed by atoms with E-state index in [0.717, 1.165) is 10.9 Å². The van der Waals surface area contributed by atoms with E-state index in [2.05, 4.69) is 10.3 Å². The summed E-state index contributed by atoms with van der Waals surface area (Å²) in [5.41, 5.74) is 0.305. The summed E-state index contributed by atoms with van der Waals surface area (Å²) in [4.78, 5) is 28.0. The quantitative estimate of drug-likeness (QED) is 0.806. The van der Waals surface area contributed by atoms with Crippen molar-refractivity contribution in [1.82, 2.24) is 14.6 Å². The van der Waals surface area contributed by atoms with Gasteiger partial charge < -0.3 is 0 Å². The molecule has 2 aliphatic rings. The Balaban J connectivity index is 1.77. The van der Waals surface area contributed by atoms with Gasteiger partial charge in [-0.05, 0) is 37.1 Å². The van der Waals surface area contributed by atoms with Gasteiger partial charge in [0.1, 0.15) is 4.90 Å². The van der Waals surface area contributed by atoms with Crippen LogP contribution in [0.2, 0.25) is 0 Å². The Kier molecular flexibility index (Phi) is 3.45. The fraction of sp³-hybridized carbons (Fsp3) is 0.353. The molecule has 4 rings (SSSR count). The van der Waals surface area contributed by atoms with Gasteiger partial charge in [-0.3, -0.25) is 19.9 Å². The number of carbonyl (C=O) groups is 2. The minimum atomic E-state index is -3.81. The Morgan fingerprint density at radius 1 is 1.28 bits per heavy atom. The van der Waals surface area contributed by atoms with Crippen LogP contribution in [0.4, 0.5) is 0 Å². The normalized spacial score (nSPS) is 24.4. The van der Waals surface area contributed by atoms with Crippen LogP contribution >= 0.6 is 0 Å². The summed E-state index contributed by atoms with van der Waals surface area (Å²) in [6.07, 6.45) is 1.96. The second-order valence-electron chi connectivity index (χ2n) is 6.76. The van der Waals surface area contributed by atoms with Gasteiger partial charge in [0.05, 0.1) is 10.9 Å². The Hall–Kier alpha value is -2.32. The number of nitrogens with one attached hydrogen (secondary N) is 1. The van der Waals surface area contributed by atoms with Crippen molar-refractivity contribution >= 4 is 32.7 Å². The molecule has 8 heteroatoms. The number of sulfonamides is 1. The molecular weight excluding hydrogens is 342 g/mol. The smallest absolute Gasteiger partial charge is 0.245 e. The molecule has 1 spiro atoms. The van der Waals surface area contributed by atoms with Crippen LogP contribution in [0.5, 0.6) is 0 Å². The lowest BCUT2D eigenvalue weighted by Gasteiger charge is -2.21. The molecule has 3 heterocycles. The van der Waals surface area contributed by atoms with Gasteiger partial charge in [-0.1, -0.05) is 6.07 Å². The van der Waals surface area contributed by atoms with Crippen LogP contribution in [-0.4, -0.2) is 42.6 Å². The van der Waals surface area contributed by atoms with Gasteiger partial charge in [0.2, 0.25) is 21.8 Å². The Morgan fingerprint density at radius 2 is 2.08 bits per heavy atom. The molecule has 130 valence electrons. The molecule has 7 nitrogen and oxygen atoms in total. The van der Waals surface area contributed by atoms with Gasteiger partial charge in [-0.2, -0.15) is 4.31 Å². The lowest BCUT2D eigenvalue weighted by atomic mass is 9.86. The second kappa shape index (κ2) is 5.34. The Bertz CT molecular complexity index is 1020. The van der Waals surface area contributed by atoms with Gasteiger partial charge in [-0.15, -0.1) is 0 Å². The number of carbonyl (C=O) groups excluding carboxylic acids is 2. The standard InChI is InChI=1S/C17H17N3O4S/c1-11-7-12-3-2-5-18-15(12)13(8-11)25(23,24)20-6-4-17(10-20)9-14(21)19-16(17)22/h2-3,5,7-8H,4,6,9-10H2,1H3,(H,19,21,22)/t17-/m1/s1. The molecule has 2 aromatic rings. The highest BCUT2D eigenvalue weighted by molar-refractivity contribution is 7.89. The third-order valence-electron chi connectivity index (χ3n) is 4.98. The van der Waals surface area contributed by atoms with Crippen molar-refractivity contribution < 1.29 is 18.0 Å². The maximum atomic E-state index is 13.2. The number of hydrogen-bond acceptors (Lipinski definition) is 5. The zero-order valence-electron chi connectivity index (χ0n) is 13.7. The molecule has 0 saturated carbocycles. The first-order chi connectivity index (χ1) is 11.8. The van der Waals surface area contributed by atoms with E-state index in [1.807, 2.05) is 19.1 Å². The fourth-order valence-electron chi connectivity index (χ4n) is 3.70. The van der Waals surface area contributed by atoms with Crippen molar-refractivity contribution in [2.24, 2.45) is 5.41 Å². The average molecular weight is 359 g/mol. The molecule has 1 N–H and O–H groups in total. The van der Waals surface area contributed by atoms with E-state index in [-0.39, 0.29) is 36.2 Å². The van der Waals surface area contributed by atoms with E-state index in [9.17, 15) is 18.0 Å². The maximum Gasteiger partial charge on any atom is 0.245 e. The maximum absolute atomic E-state index is 13.2. The third kappa shape index (κ3) is 2.44. The van der Waals surface area contributed by atoms with Crippen LogP contribution in [0.3, 0.4) is 0 Å². The van der Waals surface area contributed by atoms with Crippen molar-refractivity contribution in [3.63, 3.8) is 0 Å². The monoisotopic (exact) mass is 359 g/mol. The number of pyridine rings is 1. The molecule has 1 atom stereocenters. The number of imide groups is 1. The molecule has 1 aromatic heterocycles. The lowest BCUT2D eigenvalue weighted by Crippen LogP contribution is -2.36. The molecular formula is C17H17N3O4S. The number of hydrogen-bond donors (Lipinski definition) is 1. The molecule has 0 aliphatic carbocycles. The van der Waals surface area contributed by atoms with Crippen LogP contribution in [0, 0.1) is 12.3 Å². The highest BCUT2D eigenvalue weighted by atomic mass is 32.2. The molecule has 0 bridgehead atoms. The van der Waals surface area contributed by atoms with Crippen LogP contribution in [0.25, 0.3) is 10.9 Å². The van der Waals surface area contributed by atoms with Crippen molar-refractivity contribution in [1.29, 1.82) is 0 Å². The number of aromatic nitrogens is 1. The summed E-state index contributed by atoms with van der Waals surface area (Å²) in [7, 11) is -3.81. The number of aryl methyl sites for hydroxylation is 1. The van der Waals surface area contributed by atoms with E-state index in [4.69, 9.17) is 0 Å². The SMILES string of the molecule is Cc1cc(S(=O)(=O)N2CC[C@@]3(CC(=O)NC3=O)C2)c2ncccc2c1. The van der Waals surface area contributed by atoms with Crippen molar-refractivity contribution in [2.45, 2.75) is 24.7 Å². The average Bonchev–Trinajstić information content (AvgIpc) is 3.11. The predicted molar refractivity (Wildman–Crippen MR) is 90.1 cm³/mol. The lowest BCUT2D eigenvalue weighted by molar-refractivity contribution is -0.128. The predicted octanol–water partition coefficient (Wildman–Crippen LogP) is 0.971. The van der Waals surface area contributed by atoms with Crippen molar-refractivity contribution in [2.75, 3.05) is 13.1 Å². The number of benzene rings is 1. The zero-order chi connectivity index (χ0) is 17.8. The molecule has 1 aromatic carbocycles. The molecule has 2 fully saturated rings. The fourth-order valence-corrected chi connectivity index (χ4v) is 5.47. The van der Waals surface area contributed by atoms with E-state index >= 15 is 0 Å². The van der Waals surface area contributed by atoms with Crippen LogP contribution in [0.15, 0.2) is 35.4 Å². The first-order valence-electron chi connectivity index (χ1n) is 8.02. The minimum absolute atomic E-state index is 0.0230. The Labute approximate surface area is 145 Å². The largest absolute Gasteiger partial charge is 0.296 e. The van der Waals surface area contributed by atoms with E-state index in [0.29, 0.717) is 11.9 Å². The molecule has 25 heavy (non-hydrogen) atoms. The molecule has 0 radical (unpaired) electrons. The number of nitrogens with zero attached hydrogens (tertiary/aromatic N) is 2. The number of rotatable bonds is 2. The van der Waals surface area contributed by atoms with Crippen LogP contribution in [0.1, 0.15) is 18.4 Å². The van der Waals surface area contributed by atoms with Gasteiger partial charge in [0.15, 0.2) is 0 Å². The summed E-state index contributed by atoms with van der Waals surface area (Å²) in [6.45, 7) is 2.07. The summed E-state index contributed by atoms with van der Waals surface area (Å²) >= 11 is 0. The minimum Gasteiger partial charge on any atom is -0.296 e. The summed E-state index contributed by atoms with van der Waals surface area (Å²) in [6, 6.07) is 7.08. The molecule has 2 saturated heterocycles. The van der Waals surface area contributed by atoms with Gasteiger partial charge in [0, 0.05) is 31.1 Å². The van der Waals surface area contributed by atoms with Crippen molar-refractivity contribution in [3.05, 3.63) is 36.0 Å². The summed E-state index contributed by atoms with van der Waals surface area (Å²) in [5.74, 6) is -0.714. The zero-order valence-corrected chi connectivity index (χ0v) is 14.5. The molecule has 2 amide bonds. The highest BCUT2D eigenvalue weighted by Gasteiger charge is 2.53. The third-order valence-corrected chi connectivity index (χ3v) is 6.84. The summed E-state index contributed by atoms with van der Waals surface area (Å²) < 4.78 is 27.7. The first kappa shape index (κ1) is 16.2. The summed E-state index contributed by atoms with van der Waals surface area (Å²) in [5, 5.41) is 3.04. The van der Waals surface area contributed by atoms with Gasteiger partial charge >= 0.3 is 0 Å². The number of amides is 2. The first-order valence-corrected chi connectivity index (χ1v) is 9.46. The van der Waals surface area contributed by atoms with E-state index in [1.54, 1.807) is 18.3 Å². The second-order valence-corrected chi connectivity index (χ2v) is 8.67. The van der Waals surface area contributed by atoms with Crippen LogP contribution in [-0.2, 0) is 19.6 Å². The van der Waals surface area contributed by atoms with Crippen LogP contribution < -0.4 is 5.32 Å². The highest BCUT2D eigenvalue weighted by Crippen LogP contribution is 2.40. The van der Waals surface area contributed by atoms with E-state index < -0.39 is 15.4 Å². The molecule has 0 unspecified atom stereocenters. The van der Waals surface area contributed by atoms with Crippen molar-refractivity contribution in [3.8, 4) is 0 Å². The number of fused-ring (bicyclic) bond motifs is 1. The van der Waals surface area contributed by atoms with Gasteiger partial charge in [0.25, 0.3) is 0 Å².